The Morgan fingerprint density at radius 3 is 2.45 bits per heavy atom. The smallest absolute Gasteiger partial charge is 0.416 e. The van der Waals surface area contributed by atoms with Crippen LogP contribution in [0.25, 0.3) is 0 Å². The van der Waals surface area contributed by atoms with Crippen LogP contribution in [0.5, 0.6) is 5.75 Å². The van der Waals surface area contributed by atoms with Crippen LogP contribution in [0, 0.1) is 11.3 Å². The second-order valence-corrected chi connectivity index (χ2v) is 9.28. The largest absolute Gasteiger partial charge is 0.486 e. The molecular weight excluding hydrogens is 461 g/mol. The van der Waals surface area contributed by atoms with Crippen molar-refractivity contribution < 1.29 is 36.5 Å². The Morgan fingerprint density at radius 2 is 1.90 bits per heavy atom. The summed E-state index contributed by atoms with van der Waals surface area (Å²) >= 11 is 5.80. The van der Waals surface area contributed by atoms with Crippen molar-refractivity contribution in [2.75, 3.05) is 19.7 Å². The zero-order chi connectivity index (χ0) is 23.0. The predicted molar refractivity (Wildman–Crippen MR) is 103 cm³/mol. The van der Waals surface area contributed by atoms with Gasteiger partial charge in [-0.25, -0.2) is 8.42 Å². The number of ether oxygens (including phenoxy) is 1. The van der Waals surface area contributed by atoms with E-state index >= 15 is 0 Å². The first-order valence-corrected chi connectivity index (χ1v) is 10.6. The van der Waals surface area contributed by atoms with Crippen LogP contribution in [-0.4, -0.2) is 54.3 Å². The summed E-state index contributed by atoms with van der Waals surface area (Å²) in [6.07, 6.45) is -5.94. The van der Waals surface area contributed by atoms with Gasteiger partial charge in [-0.3, -0.25) is 0 Å². The average Bonchev–Trinajstić information content (AvgIpc) is 3.06. The van der Waals surface area contributed by atoms with E-state index in [-0.39, 0.29) is 5.75 Å². The number of aliphatic hydroxyl groups is 2. The first kappa shape index (κ1) is 23.3. The highest BCUT2D eigenvalue weighted by Gasteiger charge is 2.51. The van der Waals surface area contributed by atoms with E-state index in [0.717, 1.165) is 4.31 Å². The normalized spacial score (nSPS) is 22.3. The Hall–Kier alpha value is -2.36. The summed E-state index contributed by atoms with van der Waals surface area (Å²) in [5.74, 6) is 0.257. The first-order valence-electron chi connectivity index (χ1n) is 8.78. The molecule has 2 aromatic carbocycles. The van der Waals surface area contributed by atoms with E-state index in [0.29, 0.717) is 23.2 Å². The minimum absolute atomic E-state index is 0.257. The van der Waals surface area contributed by atoms with E-state index in [4.69, 9.17) is 16.3 Å². The zero-order valence-corrected chi connectivity index (χ0v) is 17.2. The lowest BCUT2D eigenvalue weighted by Gasteiger charge is -2.27. The molecule has 2 N–H and O–H groups in total. The van der Waals surface area contributed by atoms with Crippen molar-refractivity contribution in [3.8, 4) is 11.8 Å². The number of β-amino-alcohol motifs (C(OH)–C–C–N with tert-alkyl or cyclic N) is 1. The molecule has 2 aromatic rings. The number of nitriles is 1. The van der Waals surface area contributed by atoms with Gasteiger partial charge >= 0.3 is 6.18 Å². The number of halogens is 4. The lowest BCUT2D eigenvalue weighted by atomic mass is 10.0. The molecule has 3 rings (SSSR count). The number of hydrogen-bond acceptors (Lipinski definition) is 6. The number of nitrogens with zero attached hydrogens (tertiary/aromatic N) is 2. The van der Waals surface area contributed by atoms with Gasteiger partial charge in [0.1, 0.15) is 23.5 Å². The molecule has 0 saturated carbocycles. The van der Waals surface area contributed by atoms with Crippen LogP contribution in [0.15, 0.2) is 47.4 Å². The Bertz CT molecular complexity index is 1120. The van der Waals surface area contributed by atoms with Gasteiger partial charge in [0.05, 0.1) is 29.2 Å². The number of hydrogen-bond donors (Lipinski definition) is 2. The van der Waals surface area contributed by atoms with Crippen molar-refractivity contribution in [3.05, 3.63) is 58.6 Å². The van der Waals surface area contributed by atoms with Gasteiger partial charge in [0, 0.05) is 11.6 Å². The molecule has 7 nitrogen and oxygen atoms in total. The molecule has 0 aliphatic carbocycles. The third-order valence-electron chi connectivity index (χ3n) is 4.83. The quantitative estimate of drug-likeness (QED) is 0.685. The van der Waals surface area contributed by atoms with Crippen molar-refractivity contribution in [1.29, 1.82) is 5.26 Å². The maximum atomic E-state index is 13.0. The molecule has 31 heavy (non-hydrogen) atoms. The highest BCUT2D eigenvalue weighted by molar-refractivity contribution is 7.89. The highest BCUT2D eigenvalue weighted by Crippen LogP contribution is 2.35. The van der Waals surface area contributed by atoms with Gasteiger partial charge in [0.2, 0.25) is 10.0 Å². The van der Waals surface area contributed by atoms with Gasteiger partial charge < -0.3 is 14.9 Å². The molecule has 1 fully saturated rings. The summed E-state index contributed by atoms with van der Waals surface area (Å²) < 4.78 is 71.2. The third kappa shape index (κ3) is 4.63. The Labute approximate surface area is 180 Å². The molecule has 0 amide bonds. The molecule has 0 spiro atoms. The maximum Gasteiger partial charge on any atom is 0.416 e. The van der Waals surface area contributed by atoms with Gasteiger partial charge in [-0.05, 0) is 42.5 Å². The minimum Gasteiger partial charge on any atom is -0.486 e. The second-order valence-electron chi connectivity index (χ2n) is 6.94. The molecular formula is C19H16ClF3N2O5S. The fourth-order valence-electron chi connectivity index (χ4n) is 3.14. The molecule has 1 saturated heterocycles. The van der Waals surface area contributed by atoms with Crippen molar-refractivity contribution in [2.45, 2.75) is 22.8 Å². The molecule has 0 radical (unpaired) electrons. The van der Waals surface area contributed by atoms with E-state index in [1.54, 1.807) is 0 Å². The van der Waals surface area contributed by atoms with E-state index in [1.165, 1.54) is 30.3 Å². The van der Waals surface area contributed by atoms with Crippen molar-refractivity contribution in [1.82, 2.24) is 4.31 Å². The molecule has 166 valence electrons. The summed E-state index contributed by atoms with van der Waals surface area (Å²) in [6.45, 7) is -1.83. The monoisotopic (exact) mass is 476 g/mol. The third-order valence-corrected chi connectivity index (χ3v) is 6.95. The summed E-state index contributed by atoms with van der Waals surface area (Å²) in [7, 11) is -4.49. The second kappa shape index (κ2) is 8.29. The van der Waals surface area contributed by atoms with Crippen LogP contribution < -0.4 is 4.74 Å². The molecule has 12 heteroatoms. The van der Waals surface area contributed by atoms with Crippen LogP contribution in [-0.2, 0) is 16.2 Å². The number of sulfonamides is 1. The van der Waals surface area contributed by atoms with E-state index < -0.39 is 63.6 Å². The number of aliphatic hydroxyl groups excluding tert-OH is 1. The van der Waals surface area contributed by atoms with Crippen molar-refractivity contribution >= 4 is 21.6 Å². The highest BCUT2D eigenvalue weighted by atomic mass is 35.5. The maximum absolute atomic E-state index is 13.0. The van der Waals surface area contributed by atoms with Gasteiger partial charge in [-0.2, -0.15) is 22.7 Å². The van der Waals surface area contributed by atoms with Gasteiger partial charge in [0.25, 0.3) is 0 Å². The van der Waals surface area contributed by atoms with Crippen molar-refractivity contribution in [3.63, 3.8) is 0 Å². The van der Waals surface area contributed by atoms with Crippen LogP contribution in [0.4, 0.5) is 13.2 Å². The van der Waals surface area contributed by atoms with E-state index in [1.807, 2.05) is 0 Å². The van der Waals surface area contributed by atoms with Crippen LogP contribution in [0.2, 0.25) is 5.02 Å². The molecule has 1 heterocycles. The first-order chi connectivity index (χ1) is 14.4. The summed E-state index contributed by atoms with van der Waals surface area (Å²) in [6, 6.07) is 9.17. The molecule has 2 atom stereocenters. The van der Waals surface area contributed by atoms with E-state index in [9.17, 15) is 37.1 Å². The van der Waals surface area contributed by atoms with Crippen LogP contribution in [0.3, 0.4) is 0 Å². The number of rotatable bonds is 5. The summed E-state index contributed by atoms with van der Waals surface area (Å²) in [5, 5.41) is 30.0. The molecule has 0 unspecified atom stereocenters. The number of benzene rings is 2. The molecule has 1 aliphatic heterocycles. The lowest BCUT2D eigenvalue weighted by Crippen LogP contribution is -2.48. The van der Waals surface area contributed by atoms with Gasteiger partial charge in [-0.1, -0.05) is 11.6 Å². The Balaban J connectivity index is 1.93. The lowest BCUT2D eigenvalue weighted by molar-refractivity contribution is -0.137. The predicted octanol–water partition coefficient (Wildman–Crippen LogP) is 2.41. The molecule has 0 aromatic heterocycles. The summed E-state index contributed by atoms with van der Waals surface area (Å²) in [5.41, 5.74) is -3.84. The topological polar surface area (TPSA) is 111 Å². The van der Waals surface area contributed by atoms with Gasteiger partial charge in [-0.15, -0.1) is 0 Å². The van der Waals surface area contributed by atoms with Crippen LogP contribution in [0.1, 0.15) is 11.1 Å². The average molecular weight is 477 g/mol. The fourth-order valence-corrected chi connectivity index (χ4v) is 4.90. The minimum atomic E-state index is -4.75. The van der Waals surface area contributed by atoms with Crippen LogP contribution >= 0.6 is 11.6 Å². The molecule has 1 aliphatic rings. The van der Waals surface area contributed by atoms with Crippen molar-refractivity contribution in [2.24, 2.45) is 0 Å². The fraction of sp³-hybridized carbons (Fsp3) is 0.316. The SMILES string of the molecule is N#Cc1cc(C(F)(F)F)ccc1S(=O)(=O)N1C[C@H](Oc2ccc(Cl)cc2)[C@](O)(CO)C1. The Kier molecular flexibility index (Phi) is 6.23. The summed E-state index contributed by atoms with van der Waals surface area (Å²) in [4.78, 5) is -0.643. The standard InChI is InChI=1S/C19H16ClF3N2O5S/c20-14-2-4-15(5-3-14)30-17-9-25(10-18(17,27)11-26)31(28,29)16-6-1-13(19(21,22)23)7-12(16)8-24/h1-7,17,26-27H,9-11H2/t17-,18+/m0/s1. The Morgan fingerprint density at radius 1 is 1.26 bits per heavy atom. The van der Waals surface area contributed by atoms with Gasteiger partial charge in [0.15, 0.2) is 0 Å². The molecule has 0 bridgehead atoms. The van der Waals surface area contributed by atoms with E-state index in [2.05, 4.69) is 0 Å². The number of alkyl halides is 3. The zero-order valence-electron chi connectivity index (χ0n) is 15.7.